The van der Waals surface area contributed by atoms with Crippen molar-refractivity contribution in [3.63, 3.8) is 0 Å². The number of H-pyrrole nitrogens is 1. The second-order valence-electron chi connectivity index (χ2n) is 7.76. The number of aromatic nitrogens is 5. The number of aryl methyl sites for hydroxylation is 1. The van der Waals surface area contributed by atoms with Gasteiger partial charge in [-0.2, -0.15) is 15.0 Å². The van der Waals surface area contributed by atoms with E-state index in [0.717, 1.165) is 35.0 Å². The Labute approximate surface area is 190 Å². The molecule has 164 valence electrons. The minimum Gasteiger partial charge on any atom is -0.368 e. The van der Waals surface area contributed by atoms with Crippen molar-refractivity contribution in [2.24, 2.45) is 5.92 Å². The predicted octanol–water partition coefficient (Wildman–Crippen LogP) is 4.05. The molecule has 0 aliphatic heterocycles. The van der Waals surface area contributed by atoms with E-state index in [1.165, 1.54) is 28.8 Å². The summed E-state index contributed by atoms with van der Waals surface area (Å²) in [5.41, 5.74) is 7.52. The van der Waals surface area contributed by atoms with Crippen LogP contribution in [0, 0.1) is 11.7 Å². The molecule has 0 spiro atoms. The van der Waals surface area contributed by atoms with Crippen molar-refractivity contribution >= 4 is 50.9 Å². The van der Waals surface area contributed by atoms with Gasteiger partial charge < -0.3 is 16.0 Å². The maximum absolute atomic E-state index is 13.1. The molecule has 0 fully saturated rings. The van der Waals surface area contributed by atoms with Crippen molar-refractivity contribution < 1.29 is 4.39 Å². The summed E-state index contributed by atoms with van der Waals surface area (Å²) < 4.78 is 13.1. The average Bonchev–Trinajstić information content (AvgIpc) is 3.11. The third kappa shape index (κ3) is 4.30. The number of hydrogen-bond donors (Lipinski definition) is 3. The number of nitrogen functional groups attached to an aromatic ring is 1. The lowest BCUT2D eigenvalue weighted by atomic mass is 9.89. The zero-order chi connectivity index (χ0) is 22.2. The number of aromatic amines is 1. The Morgan fingerprint density at radius 2 is 2.06 bits per heavy atom. The molecule has 1 aromatic carbocycles. The summed E-state index contributed by atoms with van der Waals surface area (Å²) in [7, 11) is 0. The van der Waals surface area contributed by atoms with Crippen molar-refractivity contribution in [2.75, 3.05) is 11.1 Å². The summed E-state index contributed by atoms with van der Waals surface area (Å²) in [6, 6.07) is 5.83. The van der Waals surface area contributed by atoms with Crippen LogP contribution in [0.15, 0.2) is 34.2 Å². The van der Waals surface area contributed by atoms with E-state index in [0.29, 0.717) is 28.3 Å². The number of thioether (sulfide) groups is 1. The summed E-state index contributed by atoms with van der Waals surface area (Å²) in [5, 5.41) is 4.23. The highest BCUT2D eigenvalue weighted by atomic mass is 32.2. The Morgan fingerprint density at radius 3 is 2.88 bits per heavy atom. The largest absolute Gasteiger partial charge is 0.368 e. The zero-order valence-corrected chi connectivity index (χ0v) is 18.8. The molecular formula is C21H20FN7OS2. The predicted molar refractivity (Wildman–Crippen MR) is 125 cm³/mol. The van der Waals surface area contributed by atoms with Crippen molar-refractivity contribution in [3.05, 3.63) is 56.7 Å². The Bertz CT molecular complexity index is 1350. The summed E-state index contributed by atoms with van der Waals surface area (Å²) >= 11 is 2.95. The van der Waals surface area contributed by atoms with Gasteiger partial charge in [0.05, 0.1) is 11.1 Å². The maximum Gasteiger partial charge on any atom is 0.260 e. The monoisotopic (exact) mass is 469 g/mol. The summed E-state index contributed by atoms with van der Waals surface area (Å²) in [4.78, 5) is 35.0. The number of halogens is 1. The lowest BCUT2D eigenvalue weighted by Crippen LogP contribution is -2.13. The van der Waals surface area contributed by atoms with Crippen LogP contribution < -0.4 is 16.6 Å². The third-order valence-electron chi connectivity index (χ3n) is 5.28. The van der Waals surface area contributed by atoms with E-state index in [4.69, 9.17) is 5.73 Å². The van der Waals surface area contributed by atoms with Gasteiger partial charge in [-0.15, -0.1) is 11.3 Å². The number of hydrogen-bond acceptors (Lipinski definition) is 9. The van der Waals surface area contributed by atoms with Gasteiger partial charge in [-0.3, -0.25) is 4.79 Å². The Kier molecular flexibility index (Phi) is 5.51. The number of benzene rings is 1. The van der Waals surface area contributed by atoms with Crippen molar-refractivity contribution in [1.29, 1.82) is 0 Å². The van der Waals surface area contributed by atoms with Crippen LogP contribution in [-0.2, 0) is 18.6 Å². The van der Waals surface area contributed by atoms with Crippen LogP contribution in [0.5, 0.6) is 0 Å². The molecule has 3 aromatic heterocycles. The second-order valence-corrected chi connectivity index (χ2v) is 9.80. The van der Waals surface area contributed by atoms with Gasteiger partial charge >= 0.3 is 0 Å². The molecule has 1 aliphatic rings. The van der Waals surface area contributed by atoms with E-state index < -0.39 is 0 Å². The molecule has 0 bridgehead atoms. The molecule has 0 amide bonds. The van der Waals surface area contributed by atoms with E-state index in [9.17, 15) is 9.18 Å². The van der Waals surface area contributed by atoms with Gasteiger partial charge in [-0.05, 0) is 55.0 Å². The molecule has 1 atom stereocenters. The Morgan fingerprint density at radius 1 is 1.25 bits per heavy atom. The van der Waals surface area contributed by atoms with E-state index in [2.05, 4.69) is 37.2 Å². The molecule has 1 aliphatic carbocycles. The molecule has 32 heavy (non-hydrogen) atoms. The lowest BCUT2D eigenvalue weighted by Gasteiger charge is -2.17. The molecule has 11 heteroatoms. The van der Waals surface area contributed by atoms with Gasteiger partial charge in [0.25, 0.3) is 5.56 Å². The summed E-state index contributed by atoms with van der Waals surface area (Å²) in [6.07, 6.45) is 3.04. The number of nitrogens with one attached hydrogen (secondary N) is 2. The number of fused-ring (bicyclic) bond motifs is 3. The first kappa shape index (κ1) is 20.8. The maximum atomic E-state index is 13.1. The van der Waals surface area contributed by atoms with Crippen LogP contribution >= 0.6 is 23.1 Å². The van der Waals surface area contributed by atoms with Gasteiger partial charge in [0, 0.05) is 10.6 Å². The zero-order valence-electron chi connectivity index (χ0n) is 17.2. The quantitative estimate of drug-likeness (QED) is 0.296. The van der Waals surface area contributed by atoms with Crippen LogP contribution in [-0.4, -0.2) is 24.9 Å². The molecule has 3 heterocycles. The van der Waals surface area contributed by atoms with Crippen LogP contribution in [0.1, 0.15) is 29.6 Å². The fraction of sp³-hybridized carbons (Fsp3) is 0.286. The van der Waals surface area contributed by atoms with E-state index >= 15 is 0 Å². The Hall–Kier alpha value is -3.05. The fourth-order valence-electron chi connectivity index (χ4n) is 3.75. The van der Waals surface area contributed by atoms with Crippen LogP contribution in [0.4, 0.5) is 22.0 Å². The summed E-state index contributed by atoms with van der Waals surface area (Å²) in [6.45, 7) is 2.24. The van der Waals surface area contributed by atoms with Gasteiger partial charge in [0.2, 0.25) is 11.9 Å². The first-order valence-electron chi connectivity index (χ1n) is 10.1. The SMILES string of the molecule is CC1CCc2c(sc3nc(SCc4nc(N)nc(Nc5ccc(F)cc5)n4)[nH]c(=O)c23)C1. The summed E-state index contributed by atoms with van der Waals surface area (Å²) in [5.74, 6) is 1.42. The highest BCUT2D eigenvalue weighted by Crippen LogP contribution is 2.36. The van der Waals surface area contributed by atoms with Gasteiger partial charge in [0.1, 0.15) is 16.5 Å². The standard InChI is InChI=1S/C21H20FN7OS2/c1-10-2-7-13-14(8-10)32-18-16(13)17(30)27-21(28-18)31-9-15-25-19(23)29-20(26-15)24-12-5-3-11(22)4-6-12/h3-6,10H,2,7-9H2,1H3,(H,27,28,30)(H3,23,24,25,26,29). The third-order valence-corrected chi connectivity index (χ3v) is 7.30. The normalized spacial score (nSPS) is 15.6. The number of thiophene rings is 1. The molecule has 4 N–H and O–H groups in total. The number of anilines is 3. The van der Waals surface area contributed by atoms with E-state index in [1.807, 2.05) is 0 Å². The minimum absolute atomic E-state index is 0.0668. The molecule has 0 radical (unpaired) electrons. The Balaban J connectivity index is 1.35. The molecule has 5 rings (SSSR count). The highest BCUT2D eigenvalue weighted by Gasteiger charge is 2.23. The molecule has 4 aromatic rings. The van der Waals surface area contributed by atoms with Crippen molar-refractivity contribution in [3.8, 4) is 0 Å². The molecule has 0 saturated carbocycles. The smallest absolute Gasteiger partial charge is 0.260 e. The van der Waals surface area contributed by atoms with E-state index in [1.54, 1.807) is 23.5 Å². The van der Waals surface area contributed by atoms with Crippen LogP contribution in [0.25, 0.3) is 10.2 Å². The topological polar surface area (TPSA) is 122 Å². The van der Waals surface area contributed by atoms with Crippen LogP contribution in [0.3, 0.4) is 0 Å². The number of nitrogens with two attached hydrogens (primary N) is 1. The van der Waals surface area contributed by atoms with Gasteiger partial charge in [-0.1, -0.05) is 18.7 Å². The molecule has 8 nitrogen and oxygen atoms in total. The van der Waals surface area contributed by atoms with Gasteiger partial charge in [-0.25, -0.2) is 9.37 Å². The molecule has 0 saturated heterocycles. The minimum atomic E-state index is -0.331. The molecule has 1 unspecified atom stereocenters. The average molecular weight is 470 g/mol. The van der Waals surface area contributed by atoms with Crippen molar-refractivity contribution in [2.45, 2.75) is 37.1 Å². The fourth-order valence-corrected chi connectivity index (χ4v) is 5.91. The number of nitrogens with zero attached hydrogens (tertiary/aromatic N) is 4. The van der Waals surface area contributed by atoms with Crippen molar-refractivity contribution in [1.82, 2.24) is 24.9 Å². The highest BCUT2D eigenvalue weighted by molar-refractivity contribution is 7.98. The lowest BCUT2D eigenvalue weighted by molar-refractivity contribution is 0.509. The van der Waals surface area contributed by atoms with E-state index in [-0.39, 0.29) is 23.3 Å². The van der Waals surface area contributed by atoms with Crippen LogP contribution in [0.2, 0.25) is 0 Å². The van der Waals surface area contributed by atoms with Gasteiger partial charge in [0.15, 0.2) is 5.16 Å². The first-order chi connectivity index (χ1) is 15.4. The number of rotatable bonds is 5. The second kappa shape index (κ2) is 8.47. The molecular weight excluding hydrogens is 449 g/mol. The first-order valence-corrected chi connectivity index (χ1v) is 11.9.